The Morgan fingerprint density at radius 1 is 1.07 bits per heavy atom. The number of carbonyl (C=O) groups is 1. The molecule has 228 valence electrons. The first-order valence-corrected chi connectivity index (χ1v) is 17.5. The second-order valence-electron chi connectivity index (χ2n) is 10.6. The minimum Gasteiger partial charge on any atom is -0.379 e. The molecule has 10 nitrogen and oxygen atoms in total. The summed E-state index contributed by atoms with van der Waals surface area (Å²) in [5, 5.41) is 7.69. The molecule has 0 bridgehead atoms. The van der Waals surface area contributed by atoms with Crippen LogP contribution in [0.5, 0.6) is 0 Å². The van der Waals surface area contributed by atoms with Gasteiger partial charge in [0.1, 0.15) is 5.01 Å². The number of carbonyl (C=O) groups excluding carboxylic acids is 1. The van der Waals surface area contributed by atoms with Crippen molar-refractivity contribution in [2.75, 3.05) is 38.6 Å². The van der Waals surface area contributed by atoms with Crippen molar-refractivity contribution in [1.82, 2.24) is 15.2 Å². The van der Waals surface area contributed by atoms with Gasteiger partial charge in [-0.25, -0.2) is 27.0 Å². The van der Waals surface area contributed by atoms with E-state index in [0.717, 1.165) is 65.6 Å². The summed E-state index contributed by atoms with van der Waals surface area (Å²) < 4.78 is 53.1. The van der Waals surface area contributed by atoms with Crippen LogP contribution < -0.4 is 10.5 Å². The van der Waals surface area contributed by atoms with Crippen molar-refractivity contribution in [3.05, 3.63) is 88.4 Å². The van der Waals surface area contributed by atoms with Gasteiger partial charge in [0, 0.05) is 32.6 Å². The van der Waals surface area contributed by atoms with Crippen molar-refractivity contribution in [2.45, 2.75) is 24.6 Å². The number of rotatable bonds is 11. The van der Waals surface area contributed by atoms with Crippen molar-refractivity contribution in [1.29, 1.82) is 0 Å². The summed E-state index contributed by atoms with van der Waals surface area (Å²) in [6.45, 7) is 5.83. The largest absolute Gasteiger partial charge is 0.379 e. The third-order valence-electron chi connectivity index (χ3n) is 7.53. The van der Waals surface area contributed by atoms with Crippen LogP contribution in [0.2, 0.25) is 0 Å². The molecule has 43 heavy (non-hydrogen) atoms. The van der Waals surface area contributed by atoms with E-state index in [1.54, 1.807) is 30.3 Å². The maximum Gasteiger partial charge on any atom is 0.248 e. The number of thiol groups is 1. The van der Waals surface area contributed by atoms with Gasteiger partial charge < -0.3 is 10.1 Å². The second-order valence-corrected chi connectivity index (χ2v) is 14.7. The lowest BCUT2D eigenvalue weighted by molar-refractivity contribution is -0.123. The van der Waals surface area contributed by atoms with Crippen molar-refractivity contribution >= 4 is 48.2 Å². The fourth-order valence-corrected chi connectivity index (χ4v) is 7.78. The summed E-state index contributed by atoms with van der Waals surface area (Å²) in [6, 6.07) is 21.1. The Kier molecular flexibility index (Phi) is 9.59. The number of amides is 1. The van der Waals surface area contributed by atoms with Crippen LogP contribution in [0.4, 0.5) is 0 Å². The lowest BCUT2D eigenvalue weighted by atomic mass is 9.97. The van der Waals surface area contributed by atoms with Gasteiger partial charge in [-0.3, -0.25) is 9.69 Å². The SMILES string of the molecule is Cc1cc2nc(C(Cc3ccccc3)(C(=O)NCCS(N)(=O)=O)[SH](=O)=O)sc2cc1-c1ccc(CN2CCOCC2)cc1. The molecule has 1 atom stereocenters. The van der Waals surface area contributed by atoms with Crippen molar-refractivity contribution in [3.8, 4) is 11.1 Å². The Morgan fingerprint density at radius 2 is 1.77 bits per heavy atom. The Balaban J connectivity index is 1.50. The maximum absolute atomic E-state index is 13.6. The van der Waals surface area contributed by atoms with Crippen LogP contribution in [0.15, 0.2) is 66.7 Å². The normalized spacial score (nSPS) is 15.9. The zero-order valence-corrected chi connectivity index (χ0v) is 26.2. The van der Waals surface area contributed by atoms with E-state index in [9.17, 15) is 21.6 Å². The lowest BCUT2D eigenvalue weighted by Gasteiger charge is -2.26. The van der Waals surface area contributed by atoms with Crippen molar-refractivity contribution in [2.24, 2.45) is 5.14 Å². The highest BCUT2D eigenvalue weighted by atomic mass is 32.2. The summed E-state index contributed by atoms with van der Waals surface area (Å²) in [5.41, 5.74) is 5.38. The number of aryl methyl sites for hydroxylation is 1. The van der Waals surface area contributed by atoms with Gasteiger partial charge in [0.05, 0.1) is 29.2 Å². The van der Waals surface area contributed by atoms with E-state index in [1.165, 1.54) is 5.56 Å². The number of hydrogen-bond acceptors (Lipinski definition) is 9. The molecule has 1 saturated heterocycles. The molecule has 13 heteroatoms. The number of nitrogens with zero attached hydrogens (tertiary/aromatic N) is 2. The topological polar surface area (TPSA) is 149 Å². The van der Waals surface area contributed by atoms with E-state index < -0.39 is 37.1 Å². The molecule has 5 rings (SSSR count). The standard InChI is InChI=1S/C30H34N4O6S3/c1-21-17-26-27(18-25(21)24-9-7-23(8-10-24)20-34-12-14-40-15-13-34)41-29(33-26)30(42(36)37,19-22-5-3-2-4-6-22)28(35)32-11-16-43(31,38)39/h2-10,17-18,42H,11-16,19-20H2,1H3,(H,32,35)(H2,31,38,39). The van der Waals surface area contributed by atoms with E-state index in [0.29, 0.717) is 11.1 Å². The molecule has 1 aliphatic heterocycles. The highest BCUT2D eigenvalue weighted by molar-refractivity contribution is 7.89. The fourth-order valence-electron chi connectivity index (χ4n) is 5.20. The van der Waals surface area contributed by atoms with E-state index in [-0.39, 0.29) is 18.0 Å². The number of fused-ring (bicyclic) bond motifs is 1. The number of ether oxygens (including phenoxy) is 1. The van der Waals surface area contributed by atoms with Crippen LogP contribution in [-0.4, -0.2) is 71.2 Å². The molecule has 1 unspecified atom stereocenters. The van der Waals surface area contributed by atoms with Gasteiger partial charge in [-0.15, -0.1) is 11.3 Å². The van der Waals surface area contributed by atoms with Crippen LogP contribution in [-0.2, 0) is 48.0 Å². The number of nitrogens with two attached hydrogens (primary N) is 1. The molecule has 1 fully saturated rings. The van der Waals surface area contributed by atoms with Crippen LogP contribution in [0, 0.1) is 6.92 Å². The van der Waals surface area contributed by atoms with Gasteiger partial charge in [-0.1, -0.05) is 54.6 Å². The van der Waals surface area contributed by atoms with Crippen LogP contribution in [0.3, 0.4) is 0 Å². The number of morpholine rings is 1. The Morgan fingerprint density at radius 3 is 2.42 bits per heavy atom. The average Bonchev–Trinajstić information content (AvgIpc) is 3.39. The fraction of sp³-hybridized carbons (Fsp3) is 0.333. The third-order valence-corrected chi connectivity index (χ3v) is 10.8. The molecule has 3 aromatic carbocycles. The Bertz CT molecular complexity index is 1780. The van der Waals surface area contributed by atoms with E-state index >= 15 is 0 Å². The Labute approximate surface area is 256 Å². The van der Waals surface area contributed by atoms with Gasteiger partial charge in [0.15, 0.2) is 10.7 Å². The number of aromatic nitrogens is 1. The predicted octanol–water partition coefficient (Wildman–Crippen LogP) is 2.56. The highest BCUT2D eigenvalue weighted by Crippen LogP contribution is 2.38. The minimum absolute atomic E-state index is 0.118. The third kappa shape index (κ3) is 7.31. The van der Waals surface area contributed by atoms with E-state index in [2.05, 4.69) is 39.5 Å². The predicted molar refractivity (Wildman–Crippen MR) is 169 cm³/mol. The number of primary sulfonamides is 1. The van der Waals surface area contributed by atoms with E-state index in [1.807, 2.05) is 19.1 Å². The first-order chi connectivity index (χ1) is 20.5. The zero-order valence-electron chi connectivity index (χ0n) is 23.7. The summed E-state index contributed by atoms with van der Waals surface area (Å²) in [4.78, 5) is 20.7. The van der Waals surface area contributed by atoms with Gasteiger partial charge >= 0.3 is 0 Å². The lowest BCUT2D eigenvalue weighted by Crippen LogP contribution is -2.48. The molecule has 0 aliphatic carbocycles. The highest BCUT2D eigenvalue weighted by Gasteiger charge is 2.47. The molecule has 0 radical (unpaired) electrons. The molecule has 0 spiro atoms. The molecule has 0 saturated carbocycles. The molecular formula is C30H34N4O6S3. The zero-order chi connectivity index (χ0) is 30.6. The summed E-state index contributed by atoms with van der Waals surface area (Å²) >= 11 is 1.15. The molecule has 2 heterocycles. The van der Waals surface area contributed by atoms with Crippen molar-refractivity contribution < 1.29 is 26.4 Å². The van der Waals surface area contributed by atoms with Gasteiger partial charge in [-0.2, -0.15) is 0 Å². The number of nitrogens with one attached hydrogen (secondary N) is 1. The van der Waals surface area contributed by atoms with Crippen molar-refractivity contribution in [3.63, 3.8) is 0 Å². The van der Waals surface area contributed by atoms with Crippen LogP contribution >= 0.6 is 11.3 Å². The molecule has 1 aliphatic rings. The smallest absolute Gasteiger partial charge is 0.248 e. The maximum atomic E-state index is 13.6. The first kappa shape index (κ1) is 31.2. The first-order valence-electron chi connectivity index (χ1n) is 13.8. The van der Waals surface area contributed by atoms with Crippen LogP contribution in [0.25, 0.3) is 21.3 Å². The van der Waals surface area contributed by atoms with Gasteiger partial charge in [-0.05, 0) is 46.9 Å². The number of thiazole rings is 1. The quantitative estimate of drug-likeness (QED) is 0.212. The van der Waals surface area contributed by atoms with Gasteiger partial charge in [0.25, 0.3) is 0 Å². The minimum atomic E-state index is -3.86. The molecule has 4 aromatic rings. The summed E-state index contributed by atoms with van der Waals surface area (Å²) in [5.74, 6) is -1.37. The van der Waals surface area contributed by atoms with Gasteiger partial charge in [0.2, 0.25) is 20.7 Å². The number of benzene rings is 3. The number of hydrogen-bond donors (Lipinski definition) is 3. The summed E-state index contributed by atoms with van der Waals surface area (Å²) in [7, 11) is -7.26. The number of sulfonamides is 1. The Hall–Kier alpha value is -3.20. The molecular weight excluding hydrogens is 609 g/mol. The molecule has 1 amide bonds. The van der Waals surface area contributed by atoms with Crippen LogP contribution in [0.1, 0.15) is 21.7 Å². The molecule has 3 N–H and O–H groups in total. The molecule has 1 aromatic heterocycles. The monoisotopic (exact) mass is 642 g/mol. The summed E-state index contributed by atoms with van der Waals surface area (Å²) in [6.07, 6.45) is -0.163. The second kappa shape index (κ2) is 13.2. The van der Waals surface area contributed by atoms with E-state index in [4.69, 9.17) is 9.88 Å². The average molecular weight is 643 g/mol.